The van der Waals surface area contributed by atoms with Crippen LogP contribution in [0.5, 0.6) is 23.0 Å². The number of benzene rings is 2. The minimum Gasteiger partial charge on any atom is -0.507 e. The van der Waals surface area contributed by atoms with E-state index in [2.05, 4.69) is 6.58 Å². The molecule has 2 heterocycles. The predicted molar refractivity (Wildman–Crippen MR) is 139 cm³/mol. The van der Waals surface area contributed by atoms with Gasteiger partial charge in [-0.05, 0) is 48.4 Å². The van der Waals surface area contributed by atoms with Crippen LogP contribution in [-0.2, 0) is 19.0 Å². The van der Waals surface area contributed by atoms with Gasteiger partial charge in [-0.25, -0.2) is 4.79 Å². The monoisotopic (exact) mass is 574 g/mol. The van der Waals surface area contributed by atoms with Gasteiger partial charge in [-0.2, -0.15) is 0 Å². The van der Waals surface area contributed by atoms with Crippen LogP contribution in [0.2, 0.25) is 0 Å². The highest BCUT2D eigenvalue weighted by molar-refractivity contribution is 5.97. The maximum absolute atomic E-state index is 12.1. The molecular weight excluding hydrogens is 544 g/mol. The molecule has 0 aromatic heterocycles. The van der Waals surface area contributed by atoms with Gasteiger partial charge < -0.3 is 54.7 Å². The van der Waals surface area contributed by atoms with E-state index in [1.807, 2.05) is 0 Å². The van der Waals surface area contributed by atoms with Gasteiger partial charge in [0, 0.05) is 11.6 Å². The molecule has 0 unspecified atom stereocenters. The highest BCUT2D eigenvalue weighted by atomic mass is 16.7. The van der Waals surface area contributed by atoms with Crippen LogP contribution in [-0.4, -0.2) is 97.5 Å². The van der Waals surface area contributed by atoms with Gasteiger partial charge in [0.15, 0.2) is 29.7 Å². The molecule has 0 spiro atoms. The summed E-state index contributed by atoms with van der Waals surface area (Å²) in [5.41, 5.74) is 0.854. The number of rotatable bonds is 9. The van der Waals surface area contributed by atoms with Crippen molar-refractivity contribution in [1.82, 2.24) is 0 Å². The van der Waals surface area contributed by atoms with E-state index < -0.39 is 61.3 Å². The number of aliphatic hydroxyl groups excluding tert-OH is 4. The molecule has 41 heavy (non-hydrogen) atoms. The summed E-state index contributed by atoms with van der Waals surface area (Å²) in [5.74, 6) is -2.07. The first-order valence-electron chi connectivity index (χ1n) is 12.5. The molecule has 0 bridgehead atoms. The van der Waals surface area contributed by atoms with Crippen molar-refractivity contribution >= 4 is 17.8 Å². The Morgan fingerprint density at radius 1 is 0.976 bits per heavy atom. The van der Waals surface area contributed by atoms with Crippen LogP contribution in [0.15, 0.2) is 48.6 Å². The van der Waals surface area contributed by atoms with E-state index in [1.165, 1.54) is 43.3 Å². The van der Waals surface area contributed by atoms with Gasteiger partial charge in [-0.1, -0.05) is 12.6 Å². The lowest BCUT2D eigenvalue weighted by Crippen LogP contribution is -2.59. The number of carbonyl (C=O) groups excluding carboxylic acids is 2. The first-order chi connectivity index (χ1) is 19.4. The maximum Gasteiger partial charge on any atom is 0.330 e. The second-order valence-corrected chi connectivity index (χ2v) is 9.64. The number of ketones is 1. The Hall–Kier alpha value is -3.98. The van der Waals surface area contributed by atoms with Crippen LogP contribution < -0.4 is 4.74 Å². The zero-order valence-electron chi connectivity index (χ0n) is 21.8. The van der Waals surface area contributed by atoms with E-state index in [1.54, 1.807) is 0 Å². The van der Waals surface area contributed by atoms with E-state index in [-0.39, 0.29) is 46.3 Å². The summed E-state index contributed by atoms with van der Waals surface area (Å²) in [6.07, 6.45) is -7.72. The highest BCUT2D eigenvalue weighted by Gasteiger charge is 2.45. The number of ether oxygens (including phenoxy) is 4. The molecule has 13 nitrogen and oxygen atoms in total. The Morgan fingerprint density at radius 2 is 1.71 bits per heavy atom. The van der Waals surface area contributed by atoms with Crippen LogP contribution in [0.3, 0.4) is 0 Å². The summed E-state index contributed by atoms with van der Waals surface area (Å²) in [4.78, 5) is 23.8. The molecule has 7 N–H and O–H groups in total. The number of aliphatic hydroxyl groups is 4. The summed E-state index contributed by atoms with van der Waals surface area (Å²) in [6.45, 7) is 4.25. The second-order valence-electron chi connectivity index (χ2n) is 9.64. The number of phenolic OH excluding ortho intramolecular Hbond substituents is 3. The topological polar surface area (TPSA) is 213 Å². The summed E-state index contributed by atoms with van der Waals surface area (Å²) in [6, 6.07) is 6.45. The SMILES string of the molecule is C=C(CO[C@H]1O[C@@H](COC(=O)/C=C\c2ccc(O)c(O)c2)[C@H](O)[C@@H](O)[C@@H]1O)[C@@H]1Oc2cc(C(C)=O)c(O)cc2[C@@H]1O. The van der Waals surface area contributed by atoms with Gasteiger partial charge in [0.2, 0.25) is 0 Å². The summed E-state index contributed by atoms with van der Waals surface area (Å²) in [7, 11) is 0. The van der Waals surface area contributed by atoms with Gasteiger partial charge in [0.1, 0.15) is 48.6 Å². The lowest BCUT2D eigenvalue weighted by molar-refractivity contribution is -0.299. The number of phenols is 3. The molecule has 0 saturated carbocycles. The summed E-state index contributed by atoms with van der Waals surface area (Å²) >= 11 is 0. The fourth-order valence-electron chi connectivity index (χ4n) is 4.35. The van der Waals surface area contributed by atoms with Crippen LogP contribution >= 0.6 is 0 Å². The van der Waals surface area contributed by atoms with Crippen LogP contribution in [0.4, 0.5) is 0 Å². The highest BCUT2D eigenvalue weighted by Crippen LogP contribution is 2.42. The molecule has 13 heteroatoms. The molecule has 0 aliphatic carbocycles. The molecule has 2 aliphatic rings. The summed E-state index contributed by atoms with van der Waals surface area (Å²) < 4.78 is 21.8. The van der Waals surface area contributed by atoms with Crippen LogP contribution in [0.1, 0.15) is 34.5 Å². The number of hydrogen-bond donors (Lipinski definition) is 7. The van der Waals surface area contributed by atoms with Crippen molar-refractivity contribution in [1.29, 1.82) is 0 Å². The number of esters is 1. The number of carbonyl (C=O) groups is 2. The molecular formula is C28H30O13. The standard InChI is InChI=1S/C28H30O13/c1-12(27-23(34)16-8-18(31)15(13(2)29)9-20(16)40-27)10-39-28-26(37)25(36)24(35)21(41-28)11-38-22(33)6-4-14-3-5-17(30)19(32)7-14/h3-9,21,23-28,30-32,34-37H,1,10-11H2,2H3/b6-4-/t21-,23-,24-,25+,26-,27-,28-/m0/s1. The number of fused-ring (bicyclic) bond motifs is 1. The van der Waals surface area contributed by atoms with E-state index in [4.69, 9.17) is 18.9 Å². The Labute approximate surface area is 233 Å². The third-order valence-corrected chi connectivity index (χ3v) is 6.67. The van der Waals surface area contributed by atoms with Crippen LogP contribution in [0.25, 0.3) is 6.08 Å². The molecule has 0 radical (unpaired) electrons. The van der Waals surface area contributed by atoms with Crippen molar-refractivity contribution in [2.45, 2.75) is 49.8 Å². The predicted octanol–water partition coefficient (Wildman–Crippen LogP) is 0.437. The normalized spacial score (nSPS) is 27.3. The van der Waals surface area contributed by atoms with Crippen molar-refractivity contribution in [3.63, 3.8) is 0 Å². The third kappa shape index (κ3) is 6.51. The van der Waals surface area contributed by atoms with Crippen molar-refractivity contribution in [2.24, 2.45) is 0 Å². The Bertz CT molecular complexity index is 1350. The lowest BCUT2D eigenvalue weighted by atomic mass is 9.98. The molecule has 1 saturated heterocycles. The molecule has 2 aromatic carbocycles. The Balaban J connectivity index is 1.33. The largest absolute Gasteiger partial charge is 0.507 e. The minimum absolute atomic E-state index is 0.0200. The van der Waals surface area contributed by atoms with Crippen molar-refractivity contribution in [3.8, 4) is 23.0 Å². The number of aromatic hydroxyl groups is 3. The van der Waals surface area contributed by atoms with E-state index in [0.29, 0.717) is 5.56 Å². The van der Waals surface area contributed by atoms with Gasteiger partial charge in [-0.15, -0.1) is 0 Å². The zero-order chi connectivity index (χ0) is 30.0. The number of Topliss-reactive ketones (excluding diaryl/α,β-unsaturated/α-hetero) is 1. The number of hydrogen-bond acceptors (Lipinski definition) is 13. The average Bonchev–Trinajstić information content (AvgIpc) is 3.25. The first kappa shape index (κ1) is 30.0. The third-order valence-electron chi connectivity index (χ3n) is 6.67. The Morgan fingerprint density at radius 3 is 2.39 bits per heavy atom. The van der Waals surface area contributed by atoms with Gasteiger partial charge in [-0.3, -0.25) is 4.79 Å². The Kier molecular flexibility index (Phi) is 8.97. The van der Waals surface area contributed by atoms with Gasteiger partial charge >= 0.3 is 5.97 Å². The molecule has 2 aromatic rings. The first-order valence-corrected chi connectivity index (χ1v) is 12.5. The molecule has 1 fully saturated rings. The molecule has 7 atom stereocenters. The second kappa shape index (κ2) is 12.3. The van der Waals surface area contributed by atoms with Gasteiger partial charge in [0.05, 0.1) is 12.2 Å². The van der Waals surface area contributed by atoms with Gasteiger partial charge in [0.25, 0.3) is 0 Å². The molecule has 4 rings (SSSR count). The van der Waals surface area contributed by atoms with Crippen molar-refractivity contribution in [2.75, 3.05) is 13.2 Å². The summed E-state index contributed by atoms with van der Waals surface area (Å²) in [5, 5.41) is 70.6. The maximum atomic E-state index is 12.1. The molecule has 2 aliphatic heterocycles. The molecule has 0 amide bonds. The average molecular weight is 575 g/mol. The van der Waals surface area contributed by atoms with Crippen molar-refractivity contribution in [3.05, 3.63) is 65.3 Å². The minimum atomic E-state index is -1.72. The van der Waals surface area contributed by atoms with E-state index in [0.717, 1.165) is 6.08 Å². The van der Waals surface area contributed by atoms with Crippen LogP contribution in [0, 0.1) is 0 Å². The smallest absolute Gasteiger partial charge is 0.330 e. The zero-order valence-corrected chi connectivity index (χ0v) is 21.8. The van der Waals surface area contributed by atoms with Crippen molar-refractivity contribution < 1.29 is 64.3 Å². The molecule has 220 valence electrons. The fraction of sp³-hybridized carbons (Fsp3) is 0.357. The lowest BCUT2D eigenvalue weighted by Gasteiger charge is -2.40. The fourth-order valence-corrected chi connectivity index (χ4v) is 4.35. The van der Waals surface area contributed by atoms with E-state index in [9.17, 15) is 45.3 Å². The quantitative estimate of drug-likeness (QED) is 0.0713. The van der Waals surface area contributed by atoms with E-state index >= 15 is 0 Å².